The highest BCUT2D eigenvalue weighted by molar-refractivity contribution is 5.94. The molecule has 5 nitrogen and oxygen atoms in total. The molecule has 1 aliphatic carbocycles. The average Bonchev–Trinajstić information content (AvgIpc) is 2.76. The number of amides is 1. The van der Waals surface area contributed by atoms with E-state index in [2.05, 4.69) is 24.2 Å². The minimum absolute atomic E-state index is 0.0653. The second-order valence-corrected chi connectivity index (χ2v) is 7.19. The fourth-order valence-corrected chi connectivity index (χ4v) is 4.46. The Morgan fingerprint density at radius 2 is 1.95 bits per heavy atom. The van der Waals surface area contributed by atoms with Gasteiger partial charge in [-0.2, -0.15) is 0 Å². The van der Waals surface area contributed by atoms with Gasteiger partial charge in [-0.25, -0.2) is 0 Å². The molecule has 1 aromatic heterocycles. The van der Waals surface area contributed by atoms with Crippen LogP contribution in [-0.2, 0) is 7.05 Å². The van der Waals surface area contributed by atoms with Gasteiger partial charge in [0.25, 0.3) is 5.91 Å². The van der Waals surface area contributed by atoms with Crippen LogP contribution in [0.2, 0.25) is 0 Å². The molecule has 1 saturated heterocycles. The summed E-state index contributed by atoms with van der Waals surface area (Å²) in [7, 11) is 1.83. The van der Waals surface area contributed by atoms with Crippen molar-refractivity contribution in [3.05, 3.63) is 11.4 Å². The van der Waals surface area contributed by atoms with Gasteiger partial charge in [0.2, 0.25) is 0 Å². The van der Waals surface area contributed by atoms with Crippen LogP contribution in [0.1, 0.15) is 62.1 Å². The van der Waals surface area contributed by atoms with E-state index in [-0.39, 0.29) is 5.91 Å². The van der Waals surface area contributed by atoms with Crippen molar-refractivity contribution in [1.82, 2.24) is 19.9 Å². The molecule has 0 aromatic carbocycles. The van der Waals surface area contributed by atoms with Crippen LogP contribution in [0.15, 0.2) is 0 Å². The Kier molecular flexibility index (Phi) is 3.54. The number of carbonyl (C=O) groups is 1. The number of rotatable bonds is 2. The predicted molar refractivity (Wildman–Crippen MR) is 80.9 cm³/mol. The van der Waals surface area contributed by atoms with Gasteiger partial charge in [-0.05, 0) is 25.7 Å². The fourth-order valence-electron chi connectivity index (χ4n) is 4.46. The van der Waals surface area contributed by atoms with Crippen LogP contribution < -0.4 is 0 Å². The third kappa shape index (κ3) is 2.17. The molecular weight excluding hydrogens is 264 g/mol. The molecule has 1 atom stereocenters. The molecule has 2 aliphatic rings. The lowest BCUT2D eigenvalue weighted by atomic mass is 9.59. The monoisotopic (exact) mass is 290 g/mol. The van der Waals surface area contributed by atoms with Gasteiger partial charge in [-0.3, -0.25) is 9.48 Å². The van der Waals surface area contributed by atoms with Crippen molar-refractivity contribution in [3.8, 4) is 0 Å². The van der Waals surface area contributed by atoms with E-state index in [1.165, 1.54) is 32.1 Å². The zero-order chi connectivity index (χ0) is 15.2. The van der Waals surface area contributed by atoms with Crippen LogP contribution in [0.25, 0.3) is 0 Å². The van der Waals surface area contributed by atoms with Gasteiger partial charge in [-0.15, -0.1) is 5.10 Å². The van der Waals surface area contributed by atoms with Gasteiger partial charge < -0.3 is 4.90 Å². The van der Waals surface area contributed by atoms with E-state index in [0.29, 0.717) is 23.1 Å². The lowest BCUT2D eigenvalue weighted by Crippen LogP contribution is -2.68. The minimum atomic E-state index is 0.0653. The first-order chi connectivity index (χ1) is 9.96. The maximum atomic E-state index is 12.8. The quantitative estimate of drug-likeness (QED) is 0.841. The van der Waals surface area contributed by atoms with E-state index >= 15 is 0 Å². The van der Waals surface area contributed by atoms with E-state index in [1.807, 2.05) is 18.9 Å². The van der Waals surface area contributed by atoms with Crippen LogP contribution >= 0.6 is 0 Å². The summed E-state index contributed by atoms with van der Waals surface area (Å²) in [6.07, 6.45) is 6.53. The summed E-state index contributed by atoms with van der Waals surface area (Å²) in [6.45, 7) is 7.30. The van der Waals surface area contributed by atoms with Gasteiger partial charge in [0.15, 0.2) is 5.69 Å². The van der Waals surface area contributed by atoms with E-state index in [0.717, 1.165) is 12.2 Å². The van der Waals surface area contributed by atoms with E-state index < -0.39 is 0 Å². The molecule has 2 heterocycles. The average molecular weight is 290 g/mol. The molecule has 0 N–H and O–H groups in total. The molecule has 1 amide bonds. The van der Waals surface area contributed by atoms with Crippen LogP contribution in [0.4, 0.5) is 0 Å². The van der Waals surface area contributed by atoms with Crippen LogP contribution in [0, 0.1) is 18.3 Å². The summed E-state index contributed by atoms with van der Waals surface area (Å²) >= 11 is 0. The first kappa shape index (κ1) is 14.5. The van der Waals surface area contributed by atoms with Gasteiger partial charge in [0.05, 0.1) is 5.69 Å². The molecule has 21 heavy (non-hydrogen) atoms. The van der Waals surface area contributed by atoms with Crippen molar-refractivity contribution in [2.24, 2.45) is 18.4 Å². The smallest absolute Gasteiger partial charge is 0.276 e. The van der Waals surface area contributed by atoms with E-state index in [9.17, 15) is 4.79 Å². The summed E-state index contributed by atoms with van der Waals surface area (Å²) in [4.78, 5) is 14.9. The fraction of sp³-hybridized carbons (Fsp3) is 0.812. The van der Waals surface area contributed by atoms with Crippen LogP contribution in [-0.4, -0.2) is 38.4 Å². The Hall–Kier alpha value is -1.39. The Morgan fingerprint density at radius 3 is 2.48 bits per heavy atom. The van der Waals surface area contributed by atoms with Crippen molar-refractivity contribution in [1.29, 1.82) is 0 Å². The maximum absolute atomic E-state index is 12.8. The van der Waals surface area contributed by atoms with Crippen molar-refractivity contribution in [2.45, 2.75) is 58.9 Å². The second kappa shape index (κ2) is 5.11. The van der Waals surface area contributed by atoms with Crippen molar-refractivity contribution >= 4 is 5.91 Å². The second-order valence-electron chi connectivity index (χ2n) is 7.19. The van der Waals surface area contributed by atoms with Crippen molar-refractivity contribution in [3.63, 3.8) is 0 Å². The molecule has 116 valence electrons. The standard InChI is InChI=1S/C16H26N4O/c1-11(2)14-16(8-6-5-7-9-16)10-20(14)15(21)13-12(3)19(4)18-17-13/h11,14H,5-10H2,1-4H3/t14-/m0/s1. The minimum Gasteiger partial charge on any atom is -0.333 e. The molecular formula is C16H26N4O. The van der Waals surface area contributed by atoms with Crippen LogP contribution in [0.5, 0.6) is 0 Å². The highest BCUT2D eigenvalue weighted by Gasteiger charge is 2.55. The zero-order valence-corrected chi connectivity index (χ0v) is 13.6. The SMILES string of the molecule is Cc1c(C(=O)N2CC3(CCCCC3)[C@@H]2C(C)C)nnn1C. The number of aryl methyl sites for hydroxylation is 1. The number of likely N-dealkylation sites (tertiary alicyclic amines) is 1. The Morgan fingerprint density at radius 1 is 1.29 bits per heavy atom. The van der Waals surface area contributed by atoms with Gasteiger partial charge in [0.1, 0.15) is 0 Å². The van der Waals surface area contributed by atoms with E-state index in [1.54, 1.807) is 4.68 Å². The molecule has 3 rings (SSSR count). The summed E-state index contributed by atoms with van der Waals surface area (Å²) in [5.74, 6) is 0.563. The number of carbonyl (C=O) groups excluding carboxylic acids is 1. The summed E-state index contributed by atoms with van der Waals surface area (Å²) in [5.41, 5.74) is 1.75. The number of nitrogens with zero attached hydrogens (tertiary/aromatic N) is 4. The van der Waals surface area contributed by atoms with Gasteiger partial charge in [0, 0.05) is 25.0 Å². The molecule has 0 bridgehead atoms. The molecule has 1 spiro atoms. The zero-order valence-electron chi connectivity index (χ0n) is 13.6. The summed E-state index contributed by atoms with van der Waals surface area (Å²) in [5, 5.41) is 8.04. The Bertz CT molecular complexity index is 542. The Labute approximate surface area is 126 Å². The lowest BCUT2D eigenvalue weighted by molar-refractivity contribution is -0.0945. The van der Waals surface area contributed by atoms with Crippen molar-refractivity contribution in [2.75, 3.05) is 6.54 Å². The molecule has 1 aromatic rings. The summed E-state index contributed by atoms with van der Waals surface area (Å²) in [6, 6.07) is 0.367. The third-order valence-electron chi connectivity index (χ3n) is 5.50. The van der Waals surface area contributed by atoms with Crippen LogP contribution in [0.3, 0.4) is 0 Å². The normalized spacial score (nSPS) is 24.4. The van der Waals surface area contributed by atoms with Crippen molar-refractivity contribution < 1.29 is 4.79 Å². The van der Waals surface area contributed by atoms with E-state index in [4.69, 9.17) is 0 Å². The molecule has 1 saturated carbocycles. The molecule has 0 unspecified atom stereocenters. The van der Waals surface area contributed by atoms with Gasteiger partial charge in [-0.1, -0.05) is 38.3 Å². The molecule has 0 radical (unpaired) electrons. The highest BCUT2D eigenvalue weighted by Crippen LogP contribution is 2.51. The van der Waals surface area contributed by atoms with Gasteiger partial charge >= 0.3 is 0 Å². The summed E-state index contributed by atoms with van der Waals surface area (Å²) < 4.78 is 1.67. The Balaban J connectivity index is 1.83. The molecule has 1 aliphatic heterocycles. The molecule has 2 fully saturated rings. The number of aromatic nitrogens is 3. The third-order valence-corrected chi connectivity index (χ3v) is 5.50. The lowest BCUT2D eigenvalue weighted by Gasteiger charge is -2.61. The topological polar surface area (TPSA) is 51.0 Å². The first-order valence-corrected chi connectivity index (χ1v) is 8.13. The maximum Gasteiger partial charge on any atom is 0.276 e. The first-order valence-electron chi connectivity index (χ1n) is 8.13. The molecule has 5 heteroatoms. The highest BCUT2D eigenvalue weighted by atomic mass is 16.2. The predicted octanol–water partition coefficient (Wildman–Crippen LogP) is 2.55. The largest absolute Gasteiger partial charge is 0.333 e. The number of hydrogen-bond acceptors (Lipinski definition) is 3. The number of hydrogen-bond donors (Lipinski definition) is 0.